The molecular weight excluding hydrogens is 240 g/mol. The largest absolute Gasteiger partial charge is 0.394 e. The number of nitrogens with zero attached hydrogens (tertiary/aromatic N) is 2. The molecule has 0 aromatic carbocycles. The SMILES string of the molecule is Cc1nc(Cl)nc(NCCC2CCCO2)c1N. The number of nitrogens with one attached hydrogen (secondary N) is 1. The molecule has 94 valence electrons. The summed E-state index contributed by atoms with van der Waals surface area (Å²) in [4.78, 5) is 8.06. The number of hydrogen-bond acceptors (Lipinski definition) is 5. The Morgan fingerprint density at radius 1 is 1.53 bits per heavy atom. The maximum Gasteiger partial charge on any atom is 0.224 e. The molecule has 1 aromatic rings. The van der Waals surface area contributed by atoms with Crippen LogP contribution in [-0.2, 0) is 4.74 Å². The highest BCUT2D eigenvalue weighted by Gasteiger charge is 2.15. The van der Waals surface area contributed by atoms with Crippen molar-refractivity contribution in [3.8, 4) is 0 Å². The van der Waals surface area contributed by atoms with Crippen molar-refractivity contribution in [3.05, 3.63) is 11.0 Å². The molecule has 0 spiro atoms. The normalized spacial score (nSPS) is 19.5. The van der Waals surface area contributed by atoms with Gasteiger partial charge in [0, 0.05) is 13.2 Å². The van der Waals surface area contributed by atoms with Gasteiger partial charge in [-0.25, -0.2) is 4.98 Å². The molecule has 2 heterocycles. The maximum atomic E-state index is 5.87. The maximum absolute atomic E-state index is 5.87. The summed E-state index contributed by atoms with van der Waals surface area (Å²) in [5.74, 6) is 0.612. The van der Waals surface area contributed by atoms with Crippen molar-refractivity contribution < 1.29 is 4.74 Å². The molecule has 3 N–H and O–H groups in total. The molecule has 1 aliphatic heterocycles. The van der Waals surface area contributed by atoms with E-state index in [0.29, 0.717) is 23.3 Å². The van der Waals surface area contributed by atoms with Gasteiger partial charge in [0.25, 0.3) is 0 Å². The lowest BCUT2D eigenvalue weighted by atomic mass is 10.2. The molecule has 0 aliphatic carbocycles. The topological polar surface area (TPSA) is 73.1 Å². The Labute approximate surface area is 106 Å². The van der Waals surface area contributed by atoms with Crippen LogP contribution in [0.25, 0.3) is 0 Å². The number of rotatable bonds is 4. The monoisotopic (exact) mass is 256 g/mol. The Bertz CT molecular complexity index is 393. The number of aromatic nitrogens is 2. The zero-order valence-corrected chi connectivity index (χ0v) is 10.6. The lowest BCUT2D eigenvalue weighted by Gasteiger charge is -2.12. The molecule has 1 aliphatic rings. The number of anilines is 2. The van der Waals surface area contributed by atoms with E-state index in [1.54, 1.807) is 0 Å². The first-order chi connectivity index (χ1) is 8.16. The highest BCUT2D eigenvalue weighted by atomic mass is 35.5. The van der Waals surface area contributed by atoms with Gasteiger partial charge in [-0.05, 0) is 37.8 Å². The van der Waals surface area contributed by atoms with Crippen LogP contribution in [0.15, 0.2) is 0 Å². The second-order valence-corrected chi connectivity index (χ2v) is 4.53. The molecule has 1 aromatic heterocycles. The first-order valence-electron chi connectivity index (χ1n) is 5.82. The van der Waals surface area contributed by atoms with Crippen LogP contribution >= 0.6 is 11.6 Å². The van der Waals surface area contributed by atoms with Gasteiger partial charge in [-0.15, -0.1) is 0 Å². The molecule has 0 radical (unpaired) electrons. The van der Waals surface area contributed by atoms with Gasteiger partial charge in [-0.1, -0.05) is 0 Å². The van der Waals surface area contributed by atoms with Gasteiger partial charge in [-0.3, -0.25) is 0 Å². The Hall–Kier alpha value is -1.07. The van der Waals surface area contributed by atoms with Crippen molar-refractivity contribution in [2.24, 2.45) is 0 Å². The number of nitrogen functional groups attached to an aromatic ring is 1. The van der Waals surface area contributed by atoms with Crippen molar-refractivity contribution in [3.63, 3.8) is 0 Å². The minimum absolute atomic E-state index is 0.219. The van der Waals surface area contributed by atoms with Gasteiger partial charge in [0.15, 0.2) is 5.82 Å². The third-order valence-electron chi connectivity index (χ3n) is 2.89. The molecule has 1 atom stereocenters. The van der Waals surface area contributed by atoms with Gasteiger partial charge < -0.3 is 15.8 Å². The zero-order chi connectivity index (χ0) is 12.3. The van der Waals surface area contributed by atoms with E-state index in [1.165, 1.54) is 0 Å². The van der Waals surface area contributed by atoms with Gasteiger partial charge >= 0.3 is 0 Å². The molecule has 1 fully saturated rings. The van der Waals surface area contributed by atoms with E-state index >= 15 is 0 Å². The molecule has 0 bridgehead atoms. The van der Waals surface area contributed by atoms with Crippen molar-refractivity contribution in [1.29, 1.82) is 0 Å². The van der Waals surface area contributed by atoms with Crippen LogP contribution in [0.4, 0.5) is 11.5 Å². The molecule has 0 amide bonds. The Morgan fingerprint density at radius 2 is 2.35 bits per heavy atom. The standard InChI is InChI=1S/C11H17ClN4O/c1-7-9(13)10(16-11(12)15-7)14-5-4-8-3-2-6-17-8/h8H,2-6,13H2,1H3,(H,14,15,16). The summed E-state index contributed by atoms with van der Waals surface area (Å²) in [7, 11) is 0. The molecule has 1 saturated heterocycles. The summed E-state index contributed by atoms with van der Waals surface area (Å²) in [6, 6.07) is 0. The first-order valence-corrected chi connectivity index (χ1v) is 6.19. The average Bonchev–Trinajstić information content (AvgIpc) is 2.78. The van der Waals surface area contributed by atoms with Crippen LogP contribution in [-0.4, -0.2) is 29.2 Å². The van der Waals surface area contributed by atoms with Crippen molar-refractivity contribution in [2.75, 3.05) is 24.2 Å². The van der Waals surface area contributed by atoms with Crippen LogP contribution in [0.5, 0.6) is 0 Å². The molecular formula is C11H17ClN4O. The number of hydrogen-bond donors (Lipinski definition) is 2. The molecule has 17 heavy (non-hydrogen) atoms. The third kappa shape index (κ3) is 3.20. The van der Waals surface area contributed by atoms with Crippen LogP contribution in [0.3, 0.4) is 0 Å². The Kier molecular flexibility index (Phi) is 4.02. The van der Waals surface area contributed by atoms with E-state index in [2.05, 4.69) is 15.3 Å². The predicted octanol–water partition coefficient (Wildman–Crippen LogP) is 2.00. The zero-order valence-electron chi connectivity index (χ0n) is 9.87. The fraction of sp³-hybridized carbons (Fsp3) is 0.636. The van der Waals surface area contributed by atoms with Crippen molar-refractivity contribution in [2.45, 2.75) is 32.3 Å². The van der Waals surface area contributed by atoms with Crippen molar-refractivity contribution in [1.82, 2.24) is 9.97 Å². The minimum atomic E-state index is 0.219. The first kappa shape index (κ1) is 12.4. The van der Waals surface area contributed by atoms with E-state index in [4.69, 9.17) is 22.1 Å². The Morgan fingerprint density at radius 3 is 3.06 bits per heavy atom. The van der Waals surface area contributed by atoms with Gasteiger partial charge in [0.2, 0.25) is 5.28 Å². The van der Waals surface area contributed by atoms with Gasteiger partial charge in [0.05, 0.1) is 17.5 Å². The summed E-state index contributed by atoms with van der Waals surface area (Å²) >= 11 is 5.79. The van der Waals surface area contributed by atoms with Crippen LogP contribution in [0.2, 0.25) is 5.28 Å². The molecule has 6 heteroatoms. The van der Waals surface area contributed by atoms with E-state index in [-0.39, 0.29) is 5.28 Å². The highest BCUT2D eigenvalue weighted by Crippen LogP contribution is 2.21. The highest BCUT2D eigenvalue weighted by molar-refractivity contribution is 6.28. The quantitative estimate of drug-likeness (QED) is 0.806. The third-order valence-corrected chi connectivity index (χ3v) is 3.06. The average molecular weight is 257 g/mol. The minimum Gasteiger partial charge on any atom is -0.394 e. The molecule has 5 nitrogen and oxygen atoms in total. The van der Waals surface area contributed by atoms with E-state index in [9.17, 15) is 0 Å². The van der Waals surface area contributed by atoms with E-state index in [1.807, 2.05) is 6.92 Å². The summed E-state index contributed by atoms with van der Waals surface area (Å²) in [6.45, 7) is 3.47. The fourth-order valence-electron chi connectivity index (χ4n) is 1.91. The summed E-state index contributed by atoms with van der Waals surface area (Å²) < 4.78 is 5.54. The summed E-state index contributed by atoms with van der Waals surface area (Å²) in [5.41, 5.74) is 7.12. The molecule has 2 rings (SSSR count). The fourth-order valence-corrected chi connectivity index (χ4v) is 2.12. The van der Waals surface area contributed by atoms with Crippen LogP contribution in [0.1, 0.15) is 25.0 Å². The summed E-state index contributed by atoms with van der Waals surface area (Å²) in [6.07, 6.45) is 3.62. The molecule has 1 unspecified atom stereocenters. The lowest BCUT2D eigenvalue weighted by Crippen LogP contribution is -2.14. The summed E-state index contributed by atoms with van der Waals surface area (Å²) in [5, 5.41) is 3.40. The van der Waals surface area contributed by atoms with Gasteiger partial charge in [-0.2, -0.15) is 4.98 Å². The van der Waals surface area contributed by atoms with E-state index < -0.39 is 0 Å². The van der Waals surface area contributed by atoms with E-state index in [0.717, 1.165) is 32.4 Å². The number of nitrogens with two attached hydrogens (primary N) is 1. The second kappa shape index (κ2) is 5.51. The Balaban J connectivity index is 1.89. The van der Waals surface area contributed by atoms with Crippen molar-refractivity contribution >= 4 is 23.1 Å². The lowest BCUT2D eigenvalue weighted by molar-refractivity contribution is 0.107. The smallest absolute Gasteiger partial charge is 0.224 e. The number of aryl methyl sites for hydroxylation is 1. The van der Waals surface area contributed by atoms with Crippen LogP contribution in [0, 0.1) is 6.92 Å². The molecule has 0 saturated carbocycles. The predicted molar refractivity (Wildman–Crippen MR) is 68.3 cm³/mol. The number of halogens is 1. The van der Waals surface area contributed by atoms with Gasteiger partial charge in [0.1, 0.15) is 0 Å². The number of ether oxygens (including phenoxy) is 1. The second-order valence-electron chi connectivity index (χ2n) is 4.19. The van der Waals surface area contributed by atoms with Crippen LogP contribution < -0.4 is 11.1 Å².